The average molecular weight is 304 g/mol. The lowest BCUT2D eigenvalue weighted by Gasteiger charge is -2.19. The third-order valence-corrected chi connectivity index (χ3v) is 6.21. The Bertz CT molecular complexity index is 416. The molecule has 1 nitrogen and oxygen atoms in total. The van der Waals surface area contributed by atoms with Crippen LogP contribution >= 0.6 is 0 Å². The lowest BCUT2D eigenvalue weighted by atomic mass is 10.0. The van der Waals surface area contributed by atoms with E-state index < -0.39 is 20.1 Å². The van der Waals surface area contributed by atoms with E-state index in [1.807, 2.05) is 0 Å². The zero-order valence-electron chi connectivity index (χ0n) is 12.4. The van der Waals surface area contributed by atoms with Crippen LogP contribution in [-0.4, -0.2) is 15.4 Å². The van der Waals surface area contributed by atoms with Crippen LogP contribution in [0.2, 0.25) is 19.1 Å². The molecule has 0 atom stereocenters. The molecule has 0 amide bonds. The normalized spacial score (nSPS) is 12.7. The highest BCUT2D eigenvalue weighted by Crippen LogP contribution is 2.29. The molecule has 0 bridgehead atoms. The molecular formula is C15H23F3OSi. The van der Waals surface area contributed by atoms with E-state index in [4.69, 9.17) is 4.43 Å². The van der Waals surface area contributed by atoms with Crippen LogP contribution in [0.15, 0.2) is 24.3 Å². The molecule has 114 valence electrons. The molecule has 0 fully saturated rings. The molecular weight excluding hydrogens is 281 g/mol. The molecule has 0 aliphatic heterocycles. The Morgan fingerprint density at radius 3 is 2.40 bits per heavy atom. The second-order valence-corrected chi connectivity index (χ2v) is 10.2. The van der Waals surface area contributed by atoms with Gasteiger partial charge in [-0.3, -0.25) is 0 Å². The van der Waals surface area contributed by atoms with Crippen LogP contribution in [0.5, 0.6) is 0 Å². The van der Waals surface area contributed by atoms with Gasteiger partial charge in [-0.1, -0.05) is 31.0 Å². The highest BCUT2D eigenvalue weighted by molar-refractivity contribution is 6.71. The van der Waals surface area contributed by atoms with Gasteiger partial charge >= 0.3 is 6.18 Å². The first-order valence-electron chi connectivity index (χ1n) is 6.96. The number of hydrogen-bond acceptors (Lipinski definition) is 1. The van der Waals surface area contributed by atoms with E-state index in [0.29, 0.717) is 6.42 Å². The number of halogens is 3. The minimum Gasteiger partial charge on any atom is -0.420 e. The van der Waals surface area contributed by atoms with Crippen molar-refractivity contribution in [3.8, 4) is 0 Å². The Hall–Kier alpha value is -0.813. The van der Waals surface area contributed by atoms with Gasteiger partial charge in [0.25, 0.3) is 0 Å². The van der Waals surface area contributed by atoms with Crippen LogP contribution in [0.25, 0.3) is 0 Å². The number of alkyl halides is 3. The molecule has 1 rings (SSSR count). The van der Waals surface area contributed by atoms with Gasteiger partial charge in [-0.05, 0) is 43.6 Å². The molecule has 5 heteroatoms. The van der Waals surface area contributed by atoms with Gasteiger partial charge in [-0.15, -0.1) is 0 Å². The van der Waals surface area contributed by atoms with Gasteiger partial charge in [0.15, 0.2) is 8.32 Å². The molecule has 1 aromatic rings. The summed E-state index contributed by atoms with van der Waals surface area (Å²) in [5.74, 6) is 0. The lowest BCUT2D eigenvalue weighted by molar-refractivity contribution is -0.137. The van der Waals surface area contributed by atoms with Crippen LogP contribution in [0, 0.1) is 0 Å². The Labute approximate surface area is 120 Å². The van der Waals surface area contributed by atoms with E-state index in [1.54, 1.807) is 13.2 Å². The van der Waals surface area contributed by atoms with Gasteiger partial charge in [0.1, 0.15) is 0 Å². The largest absolute Gasteiger partial charge is 0.420 e. The van der Waals surface area contributed by atoms with Crippen molar-refractivity contribution in [2.75, 3.05) is 7.11 Å². The fourth-order valence-electron chi connectivity index (χ4n) is 2.06. The van der Waals surface area contributed by atoms with Crippen molar-refractivity contribution in [3.63, 3.8) is 0 Å². The second kappa shape index (κ2) is 7.27. The van der Waals surface area contributed by atoms with Crippen LogP contribution < -0.4 is 0 Å². The van der Waals surface area contributed by atoms with E-state index in [0.717, 1.165) is 36.9 Å². The third-order valence-electron chi connectivity index (χ3n) is 3.55. The number of rotatable bonds is 7. The summed E-state index contributed by atoms with van der Waals surface area (Å²) in [6.07, 6.45) is -0.486. The lowest BCUT2D eigenvalue weighted by Crippen LogP contribution is -2.27. The Kier molecular flexibility index (Phi) is 6.26. The average Bonchev–Trinajstić information content (AvgIpc) is 2.37. The van der Waals surface area contributed by atoms with Crippen molar-refractivity contribution >= 4 is 8.32 Å². The predicted octanol–water partition coefficient (Wildman–Crippen LogP) is 5.27. The summed E-state index contributed by atoms with van der Waals surface area (Å²) in [7, 11) is 0.270. The van der Waals surface area contributed by atoms with Crippen LogP contribution in [0.1, 0.15) is 30.4 Å². The topological polar surface area (TPSA) is 9.23 Å². The first kappa shape index (κ1) is 17.2. The van der Waals surface area contributed by atoms with E-state index in [-0.39, 0.29) is 0 Å². The summed E-state index contributed by atoms with van der Waals surface area (Å²) in [5.41, 5.74) is 0.214. The third kappa shape index (κ3) is 6.09. The summed E-state index contributed by atoms with van der Waals surface area (Å²) in [6, 6.07) is 6.73. The maximum atomic E-state index is 12.6. The van der Waals surface area contributed by atoms with Crippen molar-refractivity contribution in [1.29, 1.82) is 0 Å². The standard InChI is InChI=1S/C15H23F3OSi/c1-19-20(2,3)11-6-4-5-8-13-9-7-10-14(12-13)15(16,17)18/h7,9-10,12H,4-6,8,11H2,1-3H3. The summed E-state index contributed by atoms with van der Waals surface area (Å²) in [5, 5.41) is 0. The van der Waals surface area contributed by atoms with Gasteiger partial charge in [0.2, 0.25) is 0 Å². The SMILES string of the molecule is CO[Si](C)(C)CCCCCc1cccc(C(F)(F)F)c1. The maximum absolute atomic E-state index is 12.6. The van der Waals surface area contributed by atoms with Gasteiger partial charge in [-0.2, -0.15) is 13.2 Å². The molecule has 0 heterocycles. The first-order chi connectivity index (χ1) is 9.24. The van der Waals surface area contributed by atoms with E-state index in [1.165, 1.54) is 12.1 Å². The van der Waals surface area contributed by atoms with Gasteiger partial charge < -0.3 is 4.43 Å². The van der Waals surface area contributed by atoms with Crippen molar-refractivity contribution < 1.29 is 17.6 Å². The van der Waals surface area contributed by atoms with E-state index >= 15 is 0 Å². The summed E-state index contributed by atoms with van der Waals surface area (Å²) in [6.45, 7) is 4.36. The minimum absolute atomic E-state index is 0.553. The summed E-state index contributed by atoms with van der Waals surface area (Å²) >= 11 is 0. The fraction of sp³-hybridized carbons (Fsp3) is 0.600. The zero-order chi connectivity index (χ0) is 15.2. The number of unbranched alkanes of at least 4 members (excludes halogenated alkanes) is 2. The Balaban J connectivity index is 2.36. The molecule has 0 radical (unpaired) electrons. The van der Waals surface area contributed by atoms with Crippen molar-refractivity contribution in [2.45, 2.75) is 51.0 Å². The molecule has 0 aromatic heterocycles. The van der Waals surface area contributed by atoms with Gasteiger partial charge in [0.05, 0.1) is 5.56 Å². The number of aryl methyl sites for hydroxylation is 1. The minimum atomic E-state index is -4.25. The molecule has 0 saturated carbocycles. The van der Waals surface area contributed by atoms with E-state index in [2.05, 4.69) is 13.1 Å². The van der Waals surface area contributed by atoms with Crippen LogP contribution in [-0.2, 0) is 17.0 Å². The smallest absolute Gasteiger partial charge is 0.416 e. The van der Waals surface area contributed by atoms with Gasteiger partial charge in [-0.25, -0.2) is 0 Å². The Morgan fingerprint density at radius 1 is 1.10 bits per heavy atom. The molecule has 0 unspecified atom stereocenters. The van der Waals surface area contributed by atoms with Crippen LogP contribution in [0.3, 0.4) is 0 Å². The number of hydrogen-bond donors (Lipinski definition) is 0. The highest BCUT2D eigenvalue weighted by Gasteiger charge is 2.30. The zero-order valence-corrected chi connectivity index (χ0v) is 13.4. The second-order valence-electron chi connectivity index (χ2n) is 5.72. The molecule has 0 spiro atoms. The molecule has 0 saturated heterocycles. The summed E-state index contributed by atoms with van der Waals surface area (Å²) in [4.78, 5) is 0. The highest BCUT2D eigenvalue weighted by atomic mass is 28.4. The quantitative estimate of drug-likeness (QED) is 0.492. The van der Waals surface area contributed by atoms with Crippen LogP contribution in [0.4, 0.5) is 13.2 Å². The fourth-order valence-corrected chi connectivity index (χ4v) is 3.37. The molecule has 1 aromatic carbocycles. The Morgan fingerprint density at radius 2 is 1.80 bits per heavy atom. The molecule has 20 heavy (non-hydrogen) atoms. The van der Waals surface area contributed by atoms with Crippen molar-refractivity contribution in [1.82, 2.24) is 0 Å². The molecule has 0 aliphatic rings. The monoisotopic (exact) mass is 304 g/mol. The number of benzene rings is 1. The predicted molar refractivity (Wildman–Crippen MR) is 78.3 cm³/mol. The maximum Gasteiger partial charge on any atom is 0.416 e. The summed E-state index contributed by atoms with van der Waals surface area (Å²) < 4.78 is 43.2. The van der Waals surface area contributed by atoms with Gasteiger partial charge in [0, 0.05) is 7.11 Å². The van der Waals surface area contributed by atoms with Crippen molar-refractivity contribution in [3.05, 3.63) is 35.4 Å². The first-order valence-corrected chi connectivity index (χ1v) is 10.1. The molecule has 0 aliphatic carbocycles. The van der Waals surface area contributed by atoms with E-state index in [9.17, 15) is 13.2 Å². The van der Waals surface area contributed by atoms with Crippen molar-refractivity contribution in [2.24, 2.45) is 0 Å². The molecule has 0 N–H and O–H groups in total.